The summed E-state index contributed by atoms with van der Waals surface area (Å²) in [4.78, 5) is 12.8. The van der Waals surface area contributed by atoms with Crippen LogP contribution in [0.25, 0.3) is 0 Å². The number of fused-ring (bicyclic) bond motifs is 7. The molecular weight excluding hydrogens is 424 g/mol. The summed E-state index contributed by atoms with van der Waals surface area (Å²) in [6.45, 7) is 16.0. The van der Waals surface area contributed by atoms with E-state index in [-0.39, 0.29) is 39.6 Å². The van der Waals surface area contributed by atoms with Gasteiger partial charge in [-0.2, -0.15) is 0 Å². The molecule has 0 saturated heterocycles. The third-order valence-corrected chi connectivity index (χ3v) is 13.5. The molecule has 10 atom stereocenters. The van der Waals surface area contributed by atoms with Gasteiger partial charge in [-0.25, -0.2) is 0 Å². The predicted octanol–water partition coefficient (Wildman–Crippen LogP) is 6.20. The maximum absolute atomic E-state index is 12.8. The zero-order valence-electron chi connectivity index (χ0n) is 22.6. The third-order valence-electron chi connectivity index (χ3n) is 13.5. The number of aliphatic hydroxyl groups excluding tert-OH is 1. The first-order chi connectivity index (χ1) is 15.6. The van der Waals surface area contributed by atoms with E-state index in [2.05, 4.69) is 47.6 Å². The van der Waals surface area contributed by atoms with Gasteiger partial charge < -0.3 is 15.3 Å². The van der Waals surface area contributed by atoms with Crippen LogP contribution in [-0.2, 0) is 4.79 Å². The molecule has 4 nitrogen and oxygen atoms in total. The summed E-state index contributed by atoms with van der Waals surface area (Å²) in [6, 6.07) is 0. The van der Waals surface area contributed by atoms with Gasteiger partial charge in [-0.15, -0.1) is 0 Å². The molecule has 0 heterocycles. The van der Waals surface area contributed by atoms with Crippen LogP contribution in [0, 0.1) is 50.7 Å². The highest BCUT2D eigenvalue weighted by atomic mass is 16.4. The Morgan fingerprint density at radius 1 is 0.912 bits per heavy atom. The zero-order valence-corrected chi connectivity index (χ0v) is 22.6. The molecule has 4 heteroatoms. The van der Waals surface area contributed by atoms with Gasteiger partial charge in [0.1, 0.15) is 0 Å². The molecule has 5 rings (SSSR count). The van der Waals surface area contributed by atoms with Crippen LogP contribution in [-0.4, -0.2) is 33.0 Å². The van der Waals surface area contributed by atoms with Crippen molar-refractivity contribution in [2.24, 2.45) is 50.7 Å². The van der Waals surface area contributed by atoms with Crippen LogP contribution < -0.4 is 0 Å². The average Bonchev–Trinajstić information content (AvgIpc) is 2.74. The molecule has 0 aliphatic heterocycles. The lowest BCUT2D eigenvalue weighted by Gasteiger charge is -2.71. The minimum Gasteiger partial charge on any atom is -0.481 e. The van der Waals surface area contributed by atoms with Gasteiger partial charge in [-0.05, 0) is 104 Å². The van der Waals surface area contributed by atoms with Crippen LogP contribution in [0.1, 0.15) is 106 Å². The maximum atomic E-state index is 12.8. The number of carboxylic acid groups (broad SMARTS) is 1. The molecule has 5 aliphatic rings. The molecule has 0 aromatic heterocycles. The first-order valence-corrected chi connectivity index (χ1v) is 13.9. The second-order valence-electron chi connectivity index (χ2n) is 14.7. The second-order valence-corrected chi connectivity index (χ2v) is 14.7. The molecule has 34 heavy (non-hydrogen) atoms. The summed E-state index contributed by atoms with van der Waals surface area (Å²) >= 11 is 0. The largest absolute Gasteiger partial charge is 0.481 e. The molecule has 0 spiro atoms. The molecule has 0 bridgehead atoms. The van der Waals surface area contributed by atoms with E-state index in [1.807, 2.05) is 6.92 Å². The van der Waals surface area contributed by atoms with Gasteiger partial charge in [-0.3, -0.25) is 4.79 Å². The molecule has 4 saturated carbocycles. The molecule has 4 fully saturated rings. The first kappa shape index (κ1) is 24.8. The number of rotatable bonds is 1. The molecule has 3 N–H and O–H groups in total. The summed E-state index contributed by atoms with van der Waals surface area (Å²) in [5.74, 6) is 0.0848. The lowest BCUT2D eigenvalue weighted by atomic mass is 9.33. The fourth-order valence-electron chi connectivity index (χ4n) is 10.8. The lowest BCUT2D eigenvalue weighted by molar-refractivity contribution is -0.217. The Bertz CT molecular complexity index is 919. The Morgan fingerprint density at radius 2 is 1.59 bits per heavy atom. The Morgan fingerprint density at radius 3 is 2.24 bits per heavy atom. The van der Waals surface area contributed by atoms with Crippen molar-refractivity contribution in [2.45, 2.75) is 118 Å². The number of aliphatic carboxylic acids is 1. The van der Waals surface area contributed by atoms with Crippen molar-refractivity contribution in [3.8, 4) is 0 Å². The van der Waals surface area contributed by atoms with Crippen molar-refractivity contribution < 1.29 is 20.1 Å². The summed E-state index contributed by atoms with van der Waals surface area (Å²) in [6.07, 6.45) is 10.3. The molecule has 0 aromatic carbocycles. The fourth-order valence-corrected chi connectivity index (χ4v) is 10.8. The molecule has 3 unspecified atom stereocenters. The van der Waals surface area contributed by atoms with E-state index in [1.54, 1.807) is 0 Å². The predicted molar refractivity (Wildman–Crippen MR) is 134 cm³/mol. The minimum absolute atomic E-state index is 0.0716. The SMILES string of the molecule is C[C@@H]1CC[C@]2(C(=O)O)CC[C@]3(C)C(=CCC4[C@@]5(C)CC[C@H](O)C(C)(C)C5CC[C@]43C)C2[C@]1(C)O. The summed E-state index contributed by atoms with van der Waals surface area (Å²) in [7, 11) is 0. The van der Waals surface area contributed by atoms with Gasteiger partial charge in [0.05, 0.1) is 17.1 Å². The third kappa shape index (κ3) is 2.71. The molecular formula is C30H48O4. The van der Waals surface area contributed by atoms with Gasteiger partial charge in [0.15, 0.2) is 0 Å². The minimum atomic E-state index is -1.01. The highest BCUT2D eigenvalue weighted by Crippen LogP contribution is 2.76. The average molecular weight is 473 g/mol. The van der Waals surface area contributed by atoms with Crippen LogP contribution >= 0.6 is 0 Å². The topological polar surface area (TPSA) is 77.8 Å². The van der Waals surface area contributed by atoms with Crippen molar-refractivity contribution in [3.63, 3.8) is 0 Å². The van der Waals surface area contributed by atoms with Crippen molar-refractivity contribution in [3.05, 3.63) is 11.6 Å². The lowest BCUT2D eigenvalue weighted by Crippen LogP contribution is -2.67. The molecule has 192 valence electrons. The van der Waals surface area contributed by atoms with Gasteiger partial charge in [0.25, 0.3) is 0 Å². The Labute approximate surface area is 206 Å². The van der Waals surface area contributed by atoms with Crippen molar-refractivity contribution in [1.29, 1.82) is 0 Å². The van der Waals surface area contributed by atoms with Crippen LogP contribution in [0.3, 0.4) is 0 Å². The van der Waals surface area contributed by atoms with Crippen LogP contribution in [0.5, 0.6) is 0 Å². The maximum Gasteiger partial charge on any atom is 0.310 e. The molecule has 0 radical (unpaired) electrons. The quantitative estimate of drug-likeness (QED) is 0.397. The van der Waals surface area contributed by atoms with E-state index in [0.717, 1.165) is 44.9 Å². The summed E-state index contributed by atoms with van der Waals surface area (Å²) in [5.41, 5.74) is -0.532. The Balaban J connectivity index is 1.64. The first-order valence-electron chi connectivity index (χ1n) is 13.9. The standard InChI is InChI=1S/C30H48O4/c1-18-10-15-30(24(32)33)17-16-27(5)19(23(30)29(18,7)34)8-9-21-26(4)13-12-22(31)25(2,3)20(26)11-14-28(21,27)6/h8,18,20-23,31,34H,9-17H2,1-7H3,(H,32,33)/t18-,20?,21?,22+,23?,26+,27-,28-,29-,30+/m1/s1. The Kier molecular flexibility index (Phi) is 5.20. The number of hydrogen-bond acceptors (Lipinski definition) is 3. The van der Waals surface area contributed by atoms with Crippen LogP contribution in [0.2, 0.25) is 0 Å². The van der Waals surface area contributed by atoms with Crippen molar-refractivity contribution in [1.82, 2.24) is 0 Å². The van der Waals surface area contributed by atoms with E-state index >= 15 is 0 Å². The molecule has 0 aromatic rings. The van der Waals surface area contributed by atoms with Crippen LogP contribution in [0.15, 0.2) is 11.6 Å². The Hall–Kier alpha value is -0.870. The van der Waals surface area contributed by atoms with E-state index < -0.39 is 17.0 Å². The van der Waals surface area contributed by atoms with Gasteiger partial charge in [0, 0.05) is 5.92 Å². The van der Waals surface area contributed by atoms with E-state index in [1.165, 1.54) is 5.57 Å². The number of carbonyl (C=O) groups is 1. The van der Waals surface area contributed by atoms with E-state index in [0.29, 0.717) is 24.7 Å². The number of aliphatic hydroxyl groups is 2. The van der Waals surface area contributed by atoms with Crippen molar-refractivity contribution in [2.75, 3.05) is 0 Å². The summed E-state index contributed by atoms with van der Waals surface area (Å²) in [5, 5.41) is 33.3. The highest BCUT2D eigenvalue weighted by Gasteiger charge is 2.71. The summed E-state index contributed by atoms with van der Waals surface area (Å²) < 4.78 is 0. The fraction of sp³-hybridized carbons (Fsp3) is 0.900. The molecule has 5 aliphatic carbocycles. The van der Waals surface area contributed by atoms with E-state index in [4.69, 9.17) is 0 Å². The number of hydrogen-bond donors (Lipinski definition) is 3. The second kappa shape index (κ2) is 7.12. The van der Waals surface area contributed by atoms with Gasteiger partial charge in [0.2, 0.25) is 0 Å². The van der Waals surface area contributed by atoms with Crippen molar-refractivity contribution >= 4 is 5.97 Å². The van der Waals surface area contributed by atoms with Gasteiger partial charge >= 0.3 is 5.97 Å². The van der Waals surface area contributed by atoms with E-state index in [9.17, 15) is 20.1 Å². The smallest absolute Gasteiger partial charge is 0.310 e. The molecule has 0 amide bonds. The normalized spacial score (nSPS) is 56.3. The van der Waals surface area contributed by atoms with Crippen LogP contribution in [0.4, 0.5) is 0 Å². The number of carboxylic acids is 1. The highest BCUT2D eigenvalue weighted by molar-refractivity contribution is 5.77. The monoisotopic (exact) mass is 472 g/mol. The number of allylic oxidation sites excluding steroid dienone is 1. The zero-order chi connectivity index (χ0) is 25.1. The van der Waals surface area contributed by atoms with Gasteiger partial charge in [-0.1, -0.05) is 53.2 Å².